The van der Waals surface area contributed by atoms with Crippen molar-refractivity contribution in [2.24, 2.45) is 0 Å². The van der Waals surface area contributed by atoms with E-state index < -0.39 is 21.5 Å². The van der Waals surface area contributed by atoms with Crippen LogP contribution in [0, 0.1) is 6.92 Å². The monoisotopic (exact) mass is 394 g/mol. The van der Waals surface area contributed by atoms with Crippen LogP contribution in [-0.4, -0.2) is 25.1 Å². The Balaban J connectivity index is 1.68. The van der Waals surface area contributed by atoms with Crippen molar-refractivity contribution in [3.63, 3.8) is 0 Å². The molecule has 5 nitrogen and oxygen atoms in total. The van der Waals surface area contributed by atoms with Crippen LogP contribution in [0.1, 0.15) is 11.1 Å². The largest absolute Gasteiger partial charge is 0.301 e. The number of sulfone groups is 1. The minimum absolute atomic E-state index is 0.212. The van der Waals surface area contributed by atoms with Crippen molar-refractivity contribution in [3.05, 3.63) is 58.6 Å². The second kappa shape index (κ2) is 7.11. The molecule has 130 valence electrons. The summed E-state index contributed by atoms with van der Waals surface area (Å²) < 4.78 is 25.3. The van der Waals surface area contributed by atoms with E-state index >= 15 is 0 Å². The predicted molar refractivity (Wildman–Crippen MR) is 102 cm³/mol. The Bertz CT molecular complexity index is 1030. The molecule has 8 heteroatoms. The van der Waals surface area contributed by atoms with Crippen molar-refractivity contribution in [1.29, 1.82) is 0 Å². The zero-order valence-corrected chi connectivity index (χ0v) is 15.7. The molecule has 2 aromatic carbocycles. The summed E-state index contributed by atoms with van der Waals surface area (Å²) >= 11 is 7.10. The van der Waals surface area contributed by atoms with Crippen LogP contribution >= 0.6 is 22.9 Å². The highest BCUT2D eigenvalue weighted by Crippen LogP contribution is 2.27. The fourth-order valence-corrected chi connectivity index (χ4v) is 4.74. The molecule has 0 bridgehead atoms. The Morgan fingerprint density at radius 1 is 1.20 bits per heavy atom. The quantitative estimate of drug-likeness (QED) is 0.713. The number of rotatable bonds is 5. The number of hydrogen-bond acceptors (Lipinski definition) is 5. The molecular formula is C17H15ClN2O3S2. The number of anilines is 1. The maximum absolute atomic E-state index is 12.2. The van der Waals surface area contributed by atoms with E-state index in [1.54, 1.807) is 24.3 Å². The first-order valence-corrected chi connectivity index (χ1v) is 10.4. The molecule has 0 spiro atoms. The molecule has 0 fully saturated rings. The summed E-state index contributed by atoms with van der Waals surface area (Å²) in [6.45, 7) is 1.93. The third-order valence-electron chi connectivity index (χ3n) is 3.52. The molecule has 1 amide bonds. The summed E-state index contributed by atoms with van der Waals surface area (Å²) in [5.41, 5.74) is 2.41. The van der Waals surface area contributed by atoms with Gasteiger partial charge in [-0.3, -0.25) is 4.79 Å². The zero-order valence-electron chi connectivity index (χ0n) is 13.3. The lowest BCUT2D eigenvalue weighted by Crippen LogP contribution is -2.23. The molecule has 3 rings (SSSR count). The third kappa shape index (κ3) is 4.56. The summed E-state index contributed by atoms with van der Waals surface area (Å²) in [7, 11) is -3.58. The molecule has 0 aliphatic heterocycles. The van der Waals surface area contributed by atoms with Crippen LogP contribution in [0.3, 0.4) is 0 Å². The van der Waals surface area contributed by atoms with E-state index in [1.165, 1.54) is 11.3 Å². The lowest BCUT2D eigenvalue weighted by Gasteiger charge is -2.05. The molecule has 0 saturated heterocycles. The number of nitrogens with zero attached hydrogens (tertiary/aromatic N) is 1. The number of nitrogens with one attached hydrogen (secondary N) is 1. The molecule has 0 atom stereocenters. The molecule has 3 aromatic rings. The van der Waals surface area contributed by atoms with Crippen molar-refractivity contribution in [2.75, 3.05) is 11.1 Å². The number of halogens is 1. The van der Waals surface area contributed by atoms with Gasteiger partial charge in [0.2, 0.25) is 5.91 Å². The first-order valence-electron chi connectivity index (χ1n) is 7.43. The molecule has 1 aromatic heterocycles. The van der Waals surface area contributed by atoms with E-state index in [4.69, 9.17) is 11.6 Å². The Labute approximate surface area is 154 Å². The number of carbonyl (C=O) groups is 1. The van der Waals surface area contributed by atoms with Gasteiger partial charge in [0.15, 0.2) is 15.0 Å². The number of fused-ring (bicyclic) bond motifs is 1. The summed E-state index contributed by atoms with van der Waals surface area (Å²) in [6, 6.07) is 12.3. The number of aromatic nitrogens is 1. The van der Waals surface area contributed by atoms with E-state index in [0.717, 1.165) is 15.8 Å². The standard InChI is InChI=1S/C17H15ClN2O3S2/c1-11-3-2-4-14-16(11)20-17(24-14)19-15(21)10-25(22,23)9-12-5-7-13(18)8-6-12/h2-8H,9-10H2,1H3,(H,19,20,21). The molecule has 1 heterocycles. The van der Waals surface area contributed by atoms with Gasteiger partial charge in [0.1, 0.15) is 5.75 Å². The van der Waals surface area contributed by atoms with Crippen molar-refractivity contribution in [1.82, 2.24) is 4.98 Å². The van der Waals surface area contributed by atoms with Crippen LogP contribution in [0.25, 0.3) is 10.2 Å². The third-order valence-corrected chi connectivity index (χ3v) is 6.18. The van der Waals surface area contributed by atoms with E-state index in [0.29, 0.717) is 15.7 Å². The summed E-state index contributed by atoms with van der Waals surface area (Å²) in [5, 5.41) is 3.51. The highest BCUT2D eigenvalue weighted by Gasteiger charge is 2.19. The Morgan fingerprint density at radius 2 is 1.92 bits per heavy atom. The van der Waals surface area contributed by atoms with Gasteiger partial charge in [0.05, 0.1) is 16.0 Å². The van der Waals surface area contributed by atoms with E-state index in [2.05, 4.69) is 10.3 Å². The van der Waals surface area contributed by atoms with Gasteiger partial charge in [-0.15, -0.1) is 0 Å². The zero-order chi connectivity index (χ0) is 18.0. The van der Waals surface area contributed by atoms with Gasteiger partial charge >= 0.3 is 0 Å². The predicted octanol–water partition coefficient (Wildman–Crippen LogP) is 3.81. The Morgan fingerprint density at radius 3 is 2.60 bits per heavy atom. The molecule has 0 saturated carbocycles. The topological polar surface area (TPSA) is 76.1 Å². The van der Waals surface area contributed by atoms with Crippen molar-refractivity contribution >= 4 is 54.0 Å². The van der Waals surface area contributed by atoms with Gasteiger partial charge in [-0.05, 0) is 36.2 Å². The normalized spacial score (nSPS) is 11.6. The van der Waals surface area contributed by atoms with Gasteiger partial charge in [-0.25, -0.2) is 13.4 Å². The molecule has 0 radical (unpaired) electrons. The highest BCUT2D eigenvalue weighted by molar-refractivity contribution is 7.91. The minimum atomic E-state index is -3.58. The number of benzene rings is 2. The van der Waals surface area contributed by atoms with Crippen LogP contribution in [0.15, 0.2) is 42.5 Å². The smallest absolute Gasteiger partial charge is 0.241 e. The van der Waals surface area contributed by atoms with Gasteiger partial charge in [-0.1, -0.05) is 47.2 Å². The van der Waals surface area contributed by atoms with Crippen molar-refractivity contribution in [3.8, 4) is 0 Å². The maximum Gasteiger partial charge on any atom is 0.241 e. The molecule has 0 unspecified atom stereocenters. The number of amides is 1. The average Bonchev–Trinajstić information content (AvgIpc) is 2.92. The van der Waals surface area contributed by atoms with Crippen LogP contribution in [-0.2, 0) is 20.4 Å². The van der Waals surface area contributed by atoms with E-state index in [1.807, 2.05) is 25.1 Å². The Hall–Kier alpha value is -1.96. The number of para-hydroxylation sites is 1. The SMILES string of the molecule is Cc1cccc2sc(NC(=O)CS(=O)(=O)Cc3ccc(Cl)cc3)nc12. The molecule has 25 heavy (non-hydrogen) atoms. The second-order valence-electron chi connectivity index (χ2n) is 5.65. The van der Waals surface area contributed by atoms with Crippen LogP contribution in [0.5, 0.6) is 0 Å². The van der Waals surface area contributed by atoms with Gasteiger partial charge in [0.25, 0.3) is 0 Å². The maximum atomic E-state index is 12.2. The van der Waals surface area contributed by atoms with Crippen LogP contribution in [0.2, 0.25) is 5.02 Å². The lowest BCUT2D eigenvalue weighted by molar-refractivity contribution is -0.113. The van der Waals surface area contributed by atoms with E-state index in [-0.39, 0.29) is 5.75 Å². The van der Waals surface area contributed by atoms with Crippen LogP contribution in [0.4, 0.5) is 5.13 Å². The summed E-state index contributed by atoms with van der Waals surface area (Å²) in [6.07, 6.45) is 0. The molecule has 0 aliphatic rings. The van der Waals surface area contributed by atoms with E-state index in [9.17, 15) is 13.2 Å². The van der Waals surface area contributed by atoms with Gasteiger partial charge < -0.3 is 5.32 Å². The minimum Gasteiger partial charge on any atom is -0.301 e. The highest BCUT2D eigenvalue weighted by atomic mass is 35.5. The Kier molecular flexibility index (Phi) is 5.08. The average molecular weight is 395 g/mol. The van der Waals surface area contributed by atoms with Gasteiger partial charge in [0, 0.05) is 5.02 Å². The first kappa shape index (κ1) is 17.8. The molecule has 0 aliphatic carbocycles. The number of carbonyl (C=O) groups excluding carboxylic acids is 1. The molecule has 1 N–H and O–H groups in total. The number of thiazole rings is 1. The van der Waals surface area contributed by atoms with Crippen molar-refractivity contribution < 1.29 is 13.2 Å². The molecular weight excluding hydrogens is 380 g/mol. The fourth-order valence-electron chi connectivity index (χ4n) is 2.38. The second-order valence-corrected chi connectivity index (χ2v) is 9.18. The number of aryl methyl sites for hydroxylation is 1. The lowest BCUT2D eigenvalue weighted by atomic mass is 10.2. The summed E-state index contributed by atoms with van der Waals surface area (Å²) in [4.78, 5) is 16.4. The van der Waals surface area contributed by atoms with Crippen molar-refractivity contribution in [2.45, 2.75) is 12.7 Å². The van der Waals surface area contributed by atoms with Crippen LogP contribution < -0.4 is 5.32 Å². The van der Waals surface area contributed by atoms with Gasteiger partial charge in [-0.2, -0.15) is 0 Å². The first-order chi connectivity index (χ1) is 11.8. The fraction of sp³-hybridized carbons (Fsp3) is 0.176. The number of hydrogen-bond donors (Lipinski definition) is 1. The summed E-state index contributed by atoms with van der Waals surface area (Å²) in [5.74, 6) is -1.40.